The zero-order valence-electron chi connectivity index (χ0n) is 11.0. The van der Waals surface area contributed by atoms with Crippen LogP contribution >= 0.6 is 11.6 Å². The lowest BCUT2D eigenvalue weighted by molar-refractivity contribution is -0.0499. The molecular weight excluding hydrogens is 348 g/mol. The number of benzene rings is 2. The quantitative estimate of drug-likeness (QED) is 0.464. The Morgan fingerprint density at radius 3 is 2.41 bits per heavy atom. The zero-order chi connectivity index (χ0) is 16.7. The van der Waals surface area contributed by atoms with Crippen LogP contribution in [-0.2, 0) is 16.5 Å². The fraction of sp³-hybridized carbons (Fsp3) is 0.231. The summed E-state index contributed by atoms with van der Waals surface area (Å²) in [5.41, 5.74) is -5.55. The predicted octanol–water partition coefficient (Wildman–Crippen LogP) is 4.42. The van der Waals surface area contributed by atoms with Crippen LogP contribution in [0.5, 0.6) is 5.75 Å². The lowest BCUT2D eigenvalue weighted by atomic mass is 10.0. The molecule has 120 valence electrons. The third-order valence-electron chi connectivity index (χ3n) is 2.93. The minimum atomic E-state index is -5.88. The van der Waals surface area contributed by atoms with E-state index in [0.717, 1.165) is 12.1 Å². The second-order valence-electron chi connectivity index (χ2n) is 4.36. The number of halogens is 5. The molecule has 2 rings (SSSR count). The summed E-state index contributed by atoms with van der Waals surface area (Å²) >= 11 is 5.75. The van der Waals surface area contributed by atoms with E-state index < -0.39 is 27.2 Å². The molecule has 0 atom stereocenters. The molecule has 0 N–H and O–H groups in total. The van der Waals surface area contributed by atoms with Gasteiger partial charge in [0.1, 0.15) is 5.82 Å². The van der Waals surface area contributed by atoms with Crippen LogP contribution in [0.15, 0.2) is 24.3 Å². The molecule has 0 unspecified atom stereocenters. The molecular formula is C13H9ClF4O3S. The first-order valence-corrected chi connectivity index (χ1v) is 7.77. The van der Waals surface area contributed by atoms with Crippen LogP contribution < -0.4 is 4.18 Å². The maximum atomic E-state index is 13.8. The van der Waals surface area contributed by atoms with Crippen molar-refractivity contribution in [3.8, 4) is 5.75 Å². The van der Waals surface area contributed by atoms with Gasteiger partial charge < -0.3 is 4.18 Å². The fourth-order valence-corrected chi connectivity index (χ4v) is 2.70. The van der Waals surface area contributed by atoms with E-state index in [9.17, 15) is 26.0 Å². The molecule has 0 aliphatic rings. The molecule has 0 bridgehead atoms. The van der Waals surface area contributed by atoms with Crippen LogP contribution in [0.1, 0.15) is 12.5 Å². The van der Waals surface area contributed by atoms with Crippen LogP contribution in [0.4, 0.5) is 17.6 Å². The van der Waals surface area contributed by atoms with E-state index in [1.54, 1.807) is 6.92 Å². The van der Waals surface area contributed by atoms with Crippen molar-refractivity contribution in [2.45, 2.75) is 18.9 Å². The summed E-state index contributed by atoms with van der Waals surface area (Å²) < 4.78 is 77.7. The van der Waals surface area contributed by atoms with Gasteiger partial charge in [-0.25, -0.2) is 4.39 Å². The van der Waals surface area contributed by atoms with Gasteiger partial charge in [-0.2, -0.15) is 21.6 Å². The minimum Gasteiger partial charge on any atom is -0.375 e. The Bertz CT molecular complexity index is 831. The minimum absolute atomic E-state index is 0.0338. The molecule has 9 heteroatoms. The molecule has 0 aliphatic carbocycles. The summed E-state index contributed by atoms with van der Waals surface area (Å²) in [4.78, 5) is 0. The second kappa shape index (κ2) is 5.58. The van der Waals surface area contributed by atoms with E-state index in [1.165, 1.54) is 12.1 Å². The van der Waals surface area contributed by atoms with Crippen molar-refractivity contribution >= 4 is 32.5 Å². The molecule has 2 aromatic rings. The molecule has 22 heavy (non-hydrogen) atoms. The Morgan fingerprint density at radius 2 is 1.86 bits per heavy atom. The van der Waals surface area contributed by atoms with E-state index in [-0.39, 0.29) is 27.8 Å². The van der Waals surface area contributed by atoms with Gasteiger partial charge in [0, 0.05) is 16.5 Å². The Hall–Kier alpha value is -1.54. The SMILES string of the molecule is CCc1c(F)ccc2cc(Cl)cc(OS(=O)(=O)C(F)(F)F)c12. The summed E-state index contributed by atoms with van der Waals surface area (Å²) in [7, 11) is -5.88. The normalized spacial score (nSPS) is 12.6. The van der Waals surface area contributed by atoms with Crippen LogP contribution in [0.25, 0.3) is 10.8 Å². The molecule has 0 heterocycles. The van der Waals surface area contributed by atoms with Gasteiger partial charge in [-0.05, 0) is 29.5 Å². The second-order valence-corrected chi connectivity index (χ2v) is 6.34. The third-order valence-corrected chi connectivity index (χ3v) is 4.12. The van der Waals surface area contributed by atoms with Crippen molar-refractivity contribution in [1.29, 1.82) is 0 Å². The third kappa shape index (κ3) is 2.98. The summed E-state index contributed by atoms with van der Waals surface area (Å²) in [6.07, 6.45) is 0.132. The van der Waals surface area contributed by atoms with Gasteiger partial charge in [0.25, 0.3) is 0 Å². The van der Waals surface area contributed by atoms with E-state index >= 15 is 0 Å². The predicted molar refractivity (Wildman–Crippen MR) is 73.9 cm³/mol. The highest BCUT2D eigenvalue weighted by Crippen LogP contribution is 2.37. The van der Waals surface area contributed by atoms with Gasteiger partial charge >= 0.3 is 15.6 Å². The topological polar surface area (TPSA) is 43.4 Å². The molecule has 0 radical (unpaired) electrons. The number of fused-ring (bicyclic) bond motifs is 1. The van der Waals surface area contributed by atoms with E-state index in [1.807, 2.05) is 0 Å². The summed E-state index contributed by atoms with van der Waals surface area (Å²) in [6.45, 7) is 1.58. The highest BCUT2D eigenvalue weighted by Gasteiger charge is 2.48. The standard InChI is InChI=1S/C13H9ClF4O3S/c1-2-9-10(15)4-3-7-5-8(14)6-11(12(7)9)21-22(19,20)13(16,17)18/h3-6H,2H2,1H3. The van der Waals surface area contributed by atoms with Crippen molar-refractivity contribution in [2.24, 2.45) is 0 Å². The monoisotopic (exact) mass is 356 g/mol. The average Bonchev–Trinajstić information content (AvgIpc) is 2.37. The Morgan fingerprint density at radius 1 is 1.23 bits per heavy atom. The van der Waals surface area contributed by atoms with Gasteiger partial charge in [0.15, 0.2) is 5.75 Å². The highest BCUT2D eigenvalue weighted by atomic mass is 35.5. The Labute approximate surface area is 128 Å². The highest BCUT2D eigenvalue weighted by molar-refractivity contribution is 7.88. The van der Waals surface area contributed by atoms with Crippen molar-refractivity contribution in [2.75, 3.05) is 0 Å². The average molecular weight is 357 g/mol. The Balaban J connectivity index is 2.76. The van der Waals surface area contributed by atoms with E-state index in [0.29, 0.717) is 0 Å². The van der Waals surface area contributed by atoms with Crippen LogP contribution in [0.2, 0.25) is 5.02 Å². The molecule has 0 amide bonds. The van der Waals surface area contributed by atoms with E-state index in [4.69, 9.17) is 11.6 Å². The van der Waals surface area contributed by atoms with Crippen LogP contribution in [0.3, 0.4) is 0 Å². The zero-order valence-corrected chi connectivity index (χ0v) is 12.6. The number of rotatable bonds is 3. The molecule has 0 spiro atoms. The smallest absolute Gasteiger partial charge is 0.375 e. The number of alkyl halides is 3. The van der Waals surface area contributed by atoms with Crippen LogP contribution in [0, 0.1) is 5.82 Å². The summed E-state index contributed by atoms with van der Waals surface area (Å²) in [6, 6.07) is 4.69. The lowest BCUT2D eigenvalue weighted by Crippen LogP contribution is -2.28. The van der Waals surface area contributed by atoms with E-state index in [2.05, 4.69) is 4.18 Å². The van der Waals surface area contributed by atoms with Crippen molar-refractivity contribution in [3.05, 3.63) is 40.7 Å². The molecule has 0 fully saturated rings. The first-order chi connectivity index (χ1) is 10.1. The first kappa shape index (κ1) is 16.8. The lowest BCUT2D eigenvalue weighted by Gasteiger charge is -2.14. The maximum absolute atomic E-state index is 13.8. The molecule has 0 saturated heterocycles. The molecule has 0 aliphatic heterocycles. The first-order valence-electron chi connectivity index (χ1n) is 5.98. The van der Waals surface area contributed by atoms with Gasteiger partial charge in [-0.1, -0.05) is 24.6 Å². The molecule has 3 nitrogen and oxygen atoms in total. The van der Waals surface area contributed by atoms with Crippen molar-refractivity contribution in [3.63, 3.8) is 0 Å². The number of aryl methyl sites for hydroxylation is 1. The summed E-state index contributed by atoms with van der Waals surface area (Å²) in [5, 5.41) is 0.186. The van der Waals surface area contributed by atoms with Gasteiger partial charge in [0.2, 0.25) is 0 Å². The fourth-order valence-electron chi connectivity index (χ4n) is 2.02. The van der Waals surface area contributed by atoms with Gasteiger partial charge in [0.05, 0.1) is 0 Å². The Kier molecular flexibility index (Phi) is 4.27. The van der Waals surface area contributed by atoms with Gasteiger partial charge in [-0.3, -0.25) is 0 Å². The number of hydrogen-bond donors (Lipinski definition) is 0. The maximum Gasteiger partial charge on any atom is 0.534 e. The number of hydrogen-bond acceptors (Lipinski definition) is 3. The molecule has 2 aromatic carbocycles. The molecule has 0 aromatic heterocycles. The van der Waals surface area contributed by atoms with Gasteiger partial charge in [-0.15, -0.1) is 0 Å². The van der Waals surface area contributed by atoms with Crippen molar-refractivity contribution in [1.82, 2.24) is 0 Å². The summed E-state index contributed by atoms with van der Waals surface area (Å²) in [5.74, 6) is -1.33. The van der Waals surface area contributed by atoms with Crippen LogP contribution in [-0.4, -0.2) is 13.9 Å². The molecule has 0 saturated carbocycles. The largest absolute Gasteiger partial charge is 0.534 e. The van der Waals surface area contributed by atoms with Crippen molar-refractivity contribution < 1.29 is 30.2 Å².